The third kappa shape index (κ3) is 66.1. The Hall–Kier alpha value is 17.0. The minimum Gasteiger partial charge on any atom is -0.324 e. The molecule has 0 spiro atoms. The molecule has 33 heteroatoms. The van der Waals surface area contributed by atoms with Gasteiger partial charge in [-0.25, -0.2) is 0 Å². The van der Waals surface area contributed by atoms with E-state index in [0.29, 0.717) is 9.80 Å². The molecule has 194 valence electrons. The van der Waals surface area contributed by atoms with Gasteiger partial charge in [0.2, 0.25) is 0 Å². The van der Waals surface area contributed by atoms with E-state index >= 15 is 0 Å². The summed E-state index contributed by atoms with van der Waals surface area (Å²) in [7, 11) is -23.8. The standard InChI is InChI=1S/C9H28N3O15P5.10K/c13-28(14,15)5-10(1-3-11(6-29(16,17)18)7-30(19,20)21)2-4-12(8-31(22,23)24)9-32(25,26)27;;;;;;;;;;/h1-9H2,(H2,13,14,15)(H2,16,17,18)(H2,19,20,21)(H2,22,23,24)(H2,25,26,27);;;;;;;;;;/q;10*+1. The van der Waals surface area contributed by atoms with Crippen LogP contribution in [0.25, 0.3) is 0 Å². The van der Waals surface area contributed by atoms with Crippen LogP contribution >= 0.6 is 38.0 Å². The van der Waals surface area contributed by atoms with Crippen LogP contribution in [0.4, 0.5) is 0 Å². The summed E-state index contributed by atoms with van der Waals surface area (Å²) in [5.74, 6) is 0. The molecule has 0 unspecified atom stereocenters. The van der Waals surface area contributed by atoms with Gasteiger partial charge in [-0.15, -0.1) is 0 Å². The molecule has 0 aromatic carbocycles. The smallest absolute Gasteiger partial charge is 0.324 e. The molecule has 0 bridgehead atoms. The summed E-state index contributed by atoms with van der Waals surface area (Å²) in [5.41, 5.74) is 0. The SMILES string of the molecule is O=P(O)(O)CN(CCN(CP(=O)(O)O)CP(=O)(O)O)CCN(CP(=O)(O)O)CP(=O)(O)O.[K+].[K+].[K+].[K+].[K+].[K+].[K+].[K+].[K+].[K+]. The Morgan fingerprint density at radius 2 is 0.405 bits per heavy atom. The summed E-state index contributed by atoms with van der Waals surface area (Å²) in [6.45, 7) is -1.78. The Balaban J connectivity index is -0.000000107. The summed E-state index contributed by atoms with van der Waals surface area (Å²) >= 11 is 0. The van der Waals surface area contributed by atoms with E-state index in [-0.39, 0.29) is 514 Å². The van der Waals surface area contributed by atoms with Gasteiger partial charge in [-0.05, 0) is 0 Å². The fraction of sp³-hybridized carbons (Fsp3) is 1.00. The van der Waals surface area contributed by atoms with Gasteiger partial charge in [0.1, 0.15) is 31.4 Å². The fourth-order valence-electron chi connectivity index (χ4n) is 2.49. The zero-order chi connectivity index (χ0) is 25.6. The average Bonchev–Trinajstić information content (AvgIpc) is 2.41. The van der Waals surface area contributed by atoms with Gasteiger partial charge in [-0.3, -0.25) is 37.5 Å². The first-order valence-corrected chi connectivity index (χ1v) is 17.3. The third-order valence-electron chi connectivity index (χ3n) is 3.39. The molecule has 0 aromatic rings. The second kappa shape index (κ2) is 44.6. The summed E-state index contributed by atoms with van der Waals surface area (Å²) in [4.78, 5) is 93.2. The third-order valence-corrected chi connectivity index (χ3v) is 7.23. The zero-order valence-electron chi connectivity index (χ0n) is 26.5. The van der Waals surface area contributed by atoms with Gasteiger partial charge in [0.25, 0.3) is 0 Å². The van der Waals surface area contributed by atoms with Crippen molar-refractivity contribution in [3.8, 4) is 0 Å². The predicted octanol–water partition coefficient (Wildman–Crippen LogP) is -32.4. The molecule has 0 aliphatic rings. The summed E-state index contributed by atoms with van der Waals surface area (Å²) in [6.07, 6.45) is -5.21. The number of rotatable bonds is 16. The Labute approximate surface area is 671 Å². The van der Waals surface area contributed by atoms with Crippen LogP contribution in [0, 0.1) is 0 Å². The van der Waals surface area contributed by atoms with Gasteiger partial charge < -0.3 is 48.9 Å². The van der Waals surface area contributed by atoms with Crippen molar-refractivity contribution in [1.29, 1.82) is 0 Å². The molecular formula is C9H28K10N3O15P5+10. The Morgan fingerprint density at radius 1 is 0.286 bits per heavy atom. The van der Waals surface area contributed by atoms with E-state index in [9.17, 15) is 32.6 Å². The first-order chi connectivity index (χ1) is 13.9. The molecule has 42 heavy (non-hydrogen) atoms. The van der Waals surface area contributed by atoms with Crippen molar-refractivity contribution in [2.75, 3.05) is 57.6 Å². The summed E-state index contributed by atoms with van der Waals surface area (Å²) in [6, 6.07) is 0. The van der Waals surface area contributed by atoms with Crippen molar-refractivity contribution in [1.82, 2.24) is 14.7 Å². The zero-order valence-corrected chi connectivity index (χ0v) is 62.2. The van der Waals surface area contributed by atoms with E-state index in [1.165, 1.54) is 0 Å². The van der Waals surface area contributed by atoms with E-state index in [0.717, 1.165) is 4.90 Å². The maximum absolute atomic E-state index is 11.4. The van der Waals surface area contributed by atoms with Gasteiger partial charge >= 0.3 is 552 Å². The van der Waals surface area contributed by atoms with Crippen LogP contribution in [0.3, 0.4) is 0 Å². The van der Waals surface area contributed by atoms with Gasteiger partial charge in [-0.1, -0.05) is 0 Å². The molecule has 0 amide bonds. The maximum Gasteiger partial charge on any atom is 1.00 e. The summed E-state index contributed by atoms with van der Waals surface area (Å²) < 4.78 is 56.1. The Morgan fingerprint density at radius 3 is 0.548 bits per heavy atom. The van der Waals surface area contributed by atoms with Crippen molar-refractivity contribution < 1.29 is 586 Å². The van der Waals surface area contributed by atoms with Crippen LogP contribution in [-0.4, -0.2) is 121 Å². The quantitative estimate of drug-likeness (QED) is 0.0508. The minimum absolute atomic E-state index is 0. The number of hydrogen-bond donors (Lipinski definition) is 10. The van der Waals surface area contributed by atoms with Crippen LogP contribution in [0.2, 0.25) is 0 Å². The van der Waals surface area contributed by atoms with Gasteiger partial charge in [0.05, 0.1) is 0 Å². The van der Waals surface area contributed by atoms with Gasteiger partial charge in [0, 0.05) is 26.2 Å². The van der Waals surface area contributed by atoms with Crippen molar-refractivity contribution in [2.24, 2.45) is 0 Å². The monoisotopic (exact) mass is 963 g/mol. The van der Waals surface area contributed by atoms with Crippen molar-refractivity contribution in [3.63, 3.8) is 0 Å². The van der Waals surface area contributed by atoms with E-state index in [1.807, 2.05) is 0 Å². The van der Waals surface area contributed by atoms with Gasteiger partial charge in [0.15, 0.2) is 0 Å². The van der Waals surface area contributed by atoms with Gasteiger partial charge in [-0.2, -0.15) is 0 Å². The van der Waals surface area contributed by atoms with Crippen LogP contribution in [0.1, 0.15) is 0 Å². The molecule has 0 aliphatic heterocycles. The normalized spacial score (nSPS) is 11.2. The molecule has 10 N–H and O–H groups in total. The van der Waals surface area contributed by atoms with Crippen LogP contribution in [0.15, 0.2) is 0 Å². The molecule has 0 aliphatic carbocycles. The second-order valence-electron chi connectivity index (χ2n) is 6.94. The largest absolute Gasteiger partial charge is 1.00 e. The molecule has 0 saturated carbocycles. The summed E-state index contributed by atoms with van der Waals surface area (Å²) in [5, 5.41) is 0. The topological polar surface area (TPSA) is 297 Å². The Kier molecular flexibility index (Phi) is 91.5. The molecule has 18 nitrogen and oxygen atoms in total. The molecule has 0 atom stereocenters. The maximum atomic E-state index is 11.4. The Bertz CT molecular complexity index is 754. The average molecular weight is 964 g/mol. The fourth-order valence-corrected chi connectivity index (χ4v) is 6.66. The van der Waals surface area contributed by atoms with Crippen molar-refractivity contribution in [3.05, 3.63) is 0 Å². The van der Waals surface area contributed by atoms with Crippen molar-refractivity contribution >= 4 is 38.0 Å². The molecule has 0 saturated heterocycles. The molecule has 0 rings (SSSR count). The first-order valence-electron chi connectivity index (χ1n) is 8.34. The van der Waals surface area contributed by atoms with E-state index in [2.05, 4.69) is 0 Å². The van der Waals surface area contributed by atoms with Crippen LogP contribution < -0.4 is 514 Å². The van der Waals surface area contributed by atoms with E-state index in [4.69, 9.17) is 39.1 Å². The van der Waals surface area contributed by atoms with Crippen molar-refractivity contribution in [2.45, 2.75) is 0 Å². The van der Waals surface area contributed by atoms with Crippen LogP contribution in [0.5, 0.6) is 0 Å². The van der Waals surface area contributed by atoms with E-state index in [1.54, 1.807) is 0 Å². The predicted molar refractivity (Wildman–Crippen MR) is 110 cm³/mol. The molecule has 0 aromatic heterocycles. The van der Waals surface area contributed by atoms with E-state index < -0.39 is 95.6 Å². The number of nitrogens with zero attached hydrogens (tertiary/aromatic N) is 3. The molecule has 0 radical (unpaired) electrons. The first kappa shape index (κ1) is 86.1. The van der Waals surface area contributed by atoms with Crippen LogP contribution in [-0.2, 0) is 22.8 Å². The molecule has 0 fully saturated rings. The minimum atomic E-state index is -4.76. The molecular weight excluding hydrogens is 936 g/mol. The number of hydrogen-bond acceptors (Lipinski definition) is 8. The second-order valence-corrected chi connectivity index (χ2v) is 15.0. The molecule has 0 heterocycles.